The van der Waals surface area contributed by atoms with Gasteiger partial charge in [0.15, 0.2) is 0 Å². The molecule has 1 aromatic carbocycles. The van der Waals surface area contributed by atoms with Gasteiger partial charge in [0.25, 0.3) is 0 Å². The largest absolute Gasteiger partial charge is 0.348 e. The van der Waals surface area contributed by atoms with Crippen LogP contribution in [-0.2, 0) is 27.2 Å². The zero-order valence-electron chi connectivity index (χ0n) is 15.6. The molecule has 4 N–H and O–H groups in total. The Balaban J connectivity index is 1.60. The highest BCUT2D eigenvalue weighted by molar-refractivity contribution is 5.91. The first-order valence-corrected chi connectivity index (χ1v) is 9.41. The van der Waals surface area contributed by atoms with Crippen molar-refractivity contribution in [1.82, 2.24) is 20.2 Å². The lowest BCUT2D eigenvalue weighted by molar-refractivity contribution is -0.139. The summed E-state index contributed by atoms with van der Waals surface area (Å²) in [5.74, 6) is -0.578. The van der Waals surface area contributed by atoms with Gasteiger partial charge in [-0.25, -0.2) is 4.98 Å². The fraction of sp³-hybridized carbons (Fsp3) is 0.400. The molecule has 8 nitrogen and oxygen atoms in total. The summed E-state index contributed by atoms with van der Waals surface area (Å²) < 4.78 is 0. The van der Waals surface area contributed by atoms with Crippen molar-refractivity contribution in [2.45, 2.75) is 43.8 Å². The molecule has 1 aliphatic heterocycles. The highest BCUT2D eigenvalue weighted by Gasteiger charge is 2.36. The van der Waals surface area contributed by atoms with E-state index in [-0.39, 0.29) is 11.8 Å². The van der Waals surface area contributed by atoms with E-state index in [1.54, 1.807) is 6.20 Å². The predicted octanol–water partition coefficient (Wildman–Crippen LogP) is 0.197. The number of nitrogens with two attached hydrogens (primary N) is 1. The third-order valence-corrected chi connectivity index (χ3v) is 4.94. The Hall–Kier alpha value is -3.00. The van der Waals surface area contributed by atoms with Crippen LogP contribution in [0.3, 0.4) is 0 Å². The van der Waals surface area contributed by atoms with Crippen LogP contribution in [-0.4, -0.2) is 57.6 Å². The number of rotatable bonds is 8. The Morgan fingerprint density at radius 2 is 2.11 bits per heavy atom. The van der Waals surface area contributed by atoms with Crippen molar-refractivity contribution < 1.29 is 14.4 Å². The Morgan fingerprint density at radius 3 is 2.79 bits per heavy atom. The highest BCUT2D eigenvalue weighted by Crippen LogP contribution is 2.19. The quantitative estimate of drug-likeness (QED) is 0.562. The molecule has 8 heteroatoms. The van der Waals surface area contributed by atoms with Crippen LogP contribution in [0.5, 0.6) is 0 Å². The lowest BCUT2D eigenvalue weighted by atomic mass is 10.1. The maximum atomic E-state index is 12.7. The summed E-state index contributed by atoms with van der Waals surface area (Å²) in [5, 5.41) is 2.77. The molecule has 3 rings (SSSR count). The predicted molar refractivity (Wildman–Crippen MR) is 103 cm³/mol. The zero-order valence-corrected chi connectivity index (χ0v) is 15.6. The average Bonchev–Trinajstić information content (AvgIpc) is 3.39. The molecule has 0 bridgehead atoms. The third-order valence-electron chi connectivity index (χ3n) is 4.94. The fourth-order valence-electron chi connectivity index (χ4n) is 3.52. The Bertz CT molecular complexity index is 793. The van der Waals surface area contributed by atoms with Gasteiger partial charge >= 0.3 is 0 Å². The van der Waals surface area contributed by atoms with E-state index in [1.165, 1.54) is 11.2 Å². The van der Waals surface area contributed by atoms with Crippen molar-refractivity contribution in [1.29, 1.82) is 0 Å². The highest BCUT2D eigenvalue weighted by atomic mass is 16.2. The lowest BCUT2D eigenvalue weighted by Crippen LogP contribution is -2.53. The van der Waals surface area contributed by atoms with E-state index in [0.29, 0.717) is 25.8 Å². The number of nitrogens with zero attached hydrogens (tertiary/aromatic N) is 2. The smallest absolute Gasteiger partial charge is 0.243 e. The first kappa shape index (κ1) is 19.8. The van der Waals surface area contributed by atoms with E-state index in [4.69, 9.17) is 5.73 Å². The molecule has 0 unspecified atom stereocenters. The molecule has 0 radical (unpaired) electrons. The zero-order chi connectivity index (χ0) is 19.9. The van der Waals surface area contributed by atoms with Gasteiger partial charge in [-0.1, -0.05) is 30.3 Å². The van der Waals surface area contributed by atoms with Gasteiger partial charge in [-0.3, -0.25) is 9.59 Å². The molecule has 0 spiro atoms. The Kier molecular flexibility index (Phi) is 6.54. The first-order valence-electron chi connectivity index (χ1n) is 9.41. The molecule has 1 saturated heterocycles. The number of likely N-dealkylation sites (tertiary alicyclic amines) is 1. The van der Waals surface area contributed by atoms with Gasteiger partial charge < -0.3 is 25.7 Å². The number of amides is 2. The minimum atomic E-state index is -0.750. The van der Waals surface area contributed by atoms with Crippen LogP contribution in [0, 0.1) is 0 Å². The van der Waals surface area contributed by atoms with Crippen LogP contribution in [0.15, 0.2) is 42.9 Å². The minimum absolute atomic E-state index is 0.266. The van der Waals surface area contributed by atoms with Crippen molar-refractivity contribution >= 4 is 18.1 Å². The number of H-pyrrole nitrogens is 1. The normalized spacial score (nSPS) is 18.5. The first-order chi connectivity index (χ1) is 13.6. The number of aromatic nitrogens is 2. The second kappa shape index (κ2) is 9.27. The molecule has 2 amide bonds. The van der Waals surface area contributed by atoms with Gasteiger partial charge in [0.1, 0.15) is 12.3 Å². The maximum Gasteiger partial charge on any atom is 0.243 e. The molecule has 1 aliphatic rings. The van der Waals surface area contributed by atoms with E-state index in [0.717, 1.165) is 24.0 Å². The summed E-state index contributed by atoms with van der Waals surface area (Å²) in [6.45, 7) is 0.484. The van der Waals surface area contributed by atoms with Gasteiger partial charge in [-0.15, -0.1) is 0 Å². The van der Waals surface area contributed by atoms with Crippen molar-refractivity contribution in [3.63, 3.8) is 0 Å². The van der Waals surface area contributed by atoms with Crippen LogP contribution >= 0.6 is 0 Å². The van der Waals surface area contributed by atoms with Crippen LogP contribution in [0.1, 0.15) is 24.1 Å². The number of hydrogen-bond donors (Lipinski definition) is 3. The maximum absolute atomic E-state index is 12.7. The van der Waals surface area contributed by atoms with E-state index in [9.17, 15) is 14.4 Å². The van der Waals surface area contributed by atoms with E-state index >= 15 is 0 Å². The topological polar surface area (TPSA) is 121 Å². The number of benzene rings is 1. The molecule has 0 saturated carbocycles. The SMILES string of the molecule is N[C@@H](Cc1cnc[nH]1)C(=O)N1CCC[C@H]1C(=O)N[C@H](C=O)Cc1ccccc1. The summed E-state index contributed by atoms with van der Waals surface area (Å²) in [5.41, 5.74) is 7.78. The van der Waals surface area contributed by atoms with Gasteiger partial charge in [-0.2, -0.15) is 0 Å². The monoisotopic (exact) mass is 383 g/mol. The lowest BCUT2D eigenvalue weighted by Gasteiger charge is -2.27. The molecule has 1 aromatic heterocycles. The van der Waals surface area contributed by atoms with Gasteiger partial charge in [0.05, 0.1) is 18.4 Å². The molecule has 0 aliphatic carbocycles. The van der Waals surface area contributed by atoms with Gasteiger partial charge in [0.2, 0.25) is 11.8 Å². The van der Waals surface area contributed by atoms with Crippen LogP contribution < -0.4 is 11.1 Å². The summed E-state index contributed by atoms with van der Waals surface area (Å²) in [7, 11) is 0. The number of aromatic amines is 1. The molecule has 1 fully saturated rings. The summed E-state index contributed by atoms with van der Waals surface area (Å²) in [6, 6.07) is 7.50. The van der Waals surface area contributed by atoms with E-state index in [1.807, 2.05) is 30.3 Å². The van der Waals surface area contributed by atoms with Crippen molar-refractivity contribution in [2.75, 3.05) is 6.54 Å². The number of carbonyl (C=O) groups excluding carboxylic acids is 3. The van der Waals surface area contributed by atoms with Crippen LogP contribution in [0.4, 0.5) is 0 Å². The number of carbonyl (C=O) groups is 3. The number of aldehydes is 1. The minimum Gasteiger partial charge on any atom is -0.348 e. The molecule has 28 heavy (non-hydrogen) atoms. The third kappa shape index (κ3) is 4.83. The number of nitrogens with one attached hydrogen (secondary N) is 2. The molecule has 148 valence electrons. The Morgan fingerprint density at radius 1 is 1.32 bits per heavy atom. The van der Waals surface area contributed by atoms with Crippen LogP contribution in [0.2, 0.25) is 0 Å². The molecule has 2 aromatic rings. The summed E-state index contributed by atoms with van der Waals surface area (Å²) >= 11 is 0. The van der Waals surface area contributed by atoms with Crippen molar-refractivity contribution in [2.24, 2.45) is 5.73 Å². The van der Waals surface area contributed by atoms with Gasteiger partial charge in [0, 0.05) is 24.9 Å². The summed E-state index contributed by atoms with van der Waals surface area (Å²) in [6.07, 6.45) is 5.92. The van der Waals surface area contributed by atoms with Crippen molar-refractivity contribution in [3.8, 4) is 0 Å². The summed E-state index contributed by atoms with van der Waals surface area (Å²) in [4.78, 5) is 45.3. The fourth-order valence-corrected chi connectivity index (χ4v) is 3.52. The molecular formula is C20H25N5O3. The number of hydrogen-bond acceptors (Lipinski definition) is 5. The molecule has 3 atom stereocenters. The van der Waals surface area contributed by atoms with Gasteiger partial charge in [-0.05, 0) is 24.8 Å². The average molecular weight is 383 g/mol. The van der Waals surface area contributed by atoms with E-state index in [2.05, 4.69) is 15.3 Å². The molecule has 2 heterocycles. The molecular weight excluding hydrogens is 358 g/mol. The Labute approximate surface area is 163 Å². The van der Waals surface area contributed by atoms with E-state index < -0.39 is 18.1 Å². The van der Waals surface area contributed by atoms with Crippen LogP contribution in [0.25, 0.3) is 0 Å². The second-order valence-electron chi connectivity index (χ2n) is 7.02. The van der Waals surface area contributed by atoms with Crippen molar-refractivity contribution in [3.05, 3.63) is 54.1 Å². The second-order valence-corrected chi connectivity index (χ2v) is 7.02. The standard InChI is InChI=1S/C20H25N5O3/c21-17(10-15-11-22-13-23-15)20(28)25-8-4-7-18(25)19(27)24-16(12-26)9-14-5-2-1-3-6-14/h1-3,5-6,11-13,16-18H,4,7-10,21H2,(H,22,23)(H,24,27)/t16-,17-,18-/m0/s1. The number of imidazole rings is 1.